The van der Waals surface area contributed by atoms with E-state index in [2.05, 4.69) is 10.1 Å². The molecule has 3 aromatic rings. The zero-order valence-corrected chi connectivity index (χ0v) is 14.5. The number of hydrogen-bond acceptors (Lipinski definition) is 6. The number of piperidine rings is 1. The molecule has 0 N–H and O–H groups in total. The number of ether oxygens (including phenoxy) is 1. The molecule has 0 aliphatic carbocycles. The molecule has 0 radical (unpaired) electrons. The van der Waals surface area contributed by atoms with Crippen molar-refractivity contribution in [2.24, 2.45) is 0 Å². The van der Waals surface area contributed by atoms with Gasteiger partial charge in [-0.15, -0.1) is 0 Å². The van der Waals surface area contributed by atoms with E-state index in [1.54, 1.807) is 13.0 Å². The lowest BCUT2D eigenvalue weighted by atomic mass is 9.76. The van der Waals surface area contributed by atoms with Gasteiger partial charge in [-0.2, -0.15) is 4.98 Å². The highest BCUT2D eigenvalue weighted by atomic mass is 16.5. The van der Waals surface area contributed by atoms with E-state index in [0.717, 1.165) is 23.8 Å². The number of benzene rings is 1. The maximum absolute atomic E-state index is 13.1. The Morgan fingerprint density at radius 2 is 2.23 bits per heavy atom. The third-order valence-electron chi connectivity index (χ3n) is 5.49. The van der Waals surface area contributed by atoms with Crippen LogP contribution in [0.15, 0.2) is 39.3 Å². The van der Waals surface area contributed by atoms with Crippen LogP contribution in [-0.4, -0.2) is 46.7 Å². The molecule has 7 heteroatoms. The van der Waals surface area contributed by atoms with Crippen molar-refractivity contribution in [2.45, 2.75) is 31.3 Å². The van der Waals surface area contributed by atoms with Crippen LogP contribution < -0.4 is 0 Å². The summed E-state index contributed by atoms with van der Waals surface area (Å²) in [7, 11) is 0. The molecule has 7 nitrogen and oxygen atoms in total. The van der Waals surface area contributed by atoms with E-state index in [-0.39, 0.29) is 12.0 Å². The van der Waals surface area contributed by atoms with Gasteiger partial charge in [0.05, 0.1) is 11.5 Å². The number of para-hydroxylation sites is 1. The number of likely N-dealkylation sites (tertiary alicyclic amines) is 1. The molecule has 1 aromatic carbocycles. The molecule has 134 valence electrons. The standard InChI is InChI=1S/C19H19N3O4/c1-12-20-18(26-21-12)19-7-9-24-16(19)6-8-22(11-19)17(23)15-10-13-4-2-3-5-14(13)25-15/h2-5,10,16H,6-9,11H2,1H3/t16-,19-/m1/s1. The van der Waals surface area contributed by atoms with Crippen molar-refractivity contribution in [3.8, 4) is 0 Å². The summed E-state index contributed by atoms with van der Waals surface area (Å²) in [5.74, 6) is 1.42. The Balaban J connectivity index is 1.47. The predicted molar refractivity (Wildman–Crippen MR) is 91.8 cm³/mol. The van der Waals surface area contributed by atoms with Crippen LogP contribution in [0.3, 0.4) is 0 Å². The second-order valence-corrected chi connectivity index (χ2v) is 7.08. The molecule has 0 unspecified atom stereocenters. The van der Waals surface area contributed by atoms with Gasteiger partial charge in [-0.3, -0.25) is 4.79 Å². The summed E-state index contributed by atoms with van der Waals surface area (Å²) < 4.78 is 17.2. The number of furan rings is 1. The summed E-state index contributed by atoms with van der Waals surface area (Å²) in [6, 6.07) is 9.44. The minimum Gasteiger partial charge on any atom is -0.451 e. The Bertz CT molecular complexity index is 945. The molecule has 2 aliphatic heterocycles. The monoisotopic (exact) mass is 353 g/mol. The smallest absolute Gasteiger partial charge is 0.289 e. The van der Waals surface area contributed by atoms with E-state index in [1.807, 2.05) is 29.2 Å². The van der Waals surface area contributed by atoms with Crippen LogP contribution in [0, 0.1) is 6.92 Å². The van der Waals surface area contributed by atoms with E-state index < -0.39 is 5.41 Å². The molecule has 0 saturated carbocycles. The fraction of sp³-hybridized carbons (Fsp3) is 0.421. The van der Waals surface area contributed by atoms with Gasteiger partial charge in [-0.25, -0.2) is 0 Å². The first kappa shape index (κ1) is 15.6. The lowest BCUT2D eigenvalue weighted by Crippen LogP contribution is -2.54. The second kappa shape index (κ2) is 5.67. The highest BCUT2D eigenvalue weighted by Crippen LogP contribution is 2.43. The number of aromatic nitrogens is 2. The van der Waals surface area contributed by atoms with Crippen molar-refractivity contribution < 1.29 is 18.5 Å². The predicted octanol–water partition coefficient (Wildman–Crippen LogP) is 2.70. The van der Waals surface area contributed by atoms with Gasteiger partial charge in [0.2, 0.25) is 5.89 Å². The summed E-state index contributed by atoms with van der Waals surface area (Å²) in [6.45, 7) is 3.55. The van der Waals surface area contributed by atoms with E-state index >= 15 is 0 Å². The third kappa shape index (κ3) is 2.27. The van der Waals surface area contributed by atoms with Crippen LogP contribution in [0.25, 0.3) is 11.0 Å². The van der Waals surface area contributed by atoms with E-state index in [9.17, 15) is 4.79 Å². The minimum absolute atomic E-state index is 0.00192. The highest BCUT2D eigenvalue weighted by molar-refractivity contribution is 5.96. The topological polar surface area (TPSA) is 81.6 Å². The fourth-order valence-electron chi connectivity index (χ4n) is 4.17. The van der Waals surface area contributed by atoms with Gasteiger partial charge in [0, 0.05) is 25.1 Å². The summed E-state index contributed by atoms with van der Waals surface area (Å²) in [5, 5.41) is 4.87. The maximum Gasteiger partial charge on any atom is 0.289 e. The normalized spacial score (nSPS) is 25.6. The number of nitrogens with zero attached hydrogens (tertiary/aromatic N) is 3. The number of amides is 1. The van der Waals surface area contributed by atoms with Crippen LogP contribution in [0.1, 0.15) is 35.1 Å². The van der Waals surface area contributed by atoms with Gasteiger partial charge < -0.3 is 18.6 Å². The van der Waals surface area contributed by atoms with Crippen molar-refractivity contribution in [1.82, 2.24) is 15.0 Å². The van der Waals surface area contributed by atoms with Gasteiger partial charge in [0.1, 0.15) is 5.58 Å². The van der Waals surface area contributed by atoms with Gasteiger partial charge in [-0.1, -0.05) is 23.4 Å². The zero-order chi connectivity index (χ0) is 17.7. The molecule has 26 heavy (non-hydrogen) atoms. The van der Waals surface area contributed by atoms with Crippen LogP contribution >= 0.6 is 0 Å². The van der Waals surface area contributed by atoms with Crippen molar-refractivity contribution in [3.05, 3.63) is 47.8 Å². The van der Waals surface area contributed by atoms with Crippen LogP contribution in [0.2, 0.25) is 0 Å². The lowest BCUT2D eigenvalue weighted by Gasteiger charge is -2.40. The molecule has 5 rings (SSSR count). The number of fused-ring (bicyclic) bond motifs is 2. The summed E-state index contributed by atoms with van der Waals surface area (Å²) in [6.07, 6.45) is 1.51. The van der Waals surface area contributed by atoms with Crippen molar-refractivity contribution >= 4 is 16.9 Å². The Hall–Kier alpha value is -2.67. The van der Waals surface area contributed by atoms with E-state index in [1.165, 1.54) is 0 Å². The average Bonchev–Trinajstić information content (AvgIpc) is 3.37. The first-order valence-electron chi connectivity index (χ1n) is 8.86. The molecule has 2 atom stereocenters. The number of carbonyl (C=O) groups is 1. The Morgan fingerprint density at radius 3 is 3.04 bits per heavy atom. The summed E-state index contributed by atoms with van der Waals surface area (Å²) in [5.41, 5.74) is 0.290. The first-order valence-corrected chi connectivity index (χ1v) is 8.86. The molecule has 0 spiro atoms. The first-order chi connectivity index (χ1) is 12.7. The number of hydrogen-bond donors (Lipinski definition) is 0. The maximum atomic E-state index is 13.1. The number of aryl methyl sites for hydroxylation is 1. The van der Waals surface area contributed by atoms with E-state index in [4.69, 9.17) is 13.7 Å². The Labute approximate surface area is 149 Å². The van der Waals surface area contributed by atoms with Crippen molar-refractivity contribution in [2.75, 3.05) is 19.7 Å². The molecule has 2 aliphatic rings. The fourth-order valence-corrected chi connectivity index (χ4v) is 4.17. The molecular weight excluding hydrogens is 334 g/mol. The van der Waals surface area contributed by atoms with Crippen molar-refractivity contribution in [3.63, 3.8) is 0 Å². The number of carbonyl (C=O) groups excluding carboxylic acids is 1. The van der Waals surface area contributed by atoms with Gasteiger partial charge in [0.15, 0.2) is 11.6 Å². The quantitative estimate of drug-likeness (QED) is 0.704. The molecular formula is C19H19N3O4. The molecule has 0 bridgehead atoms. The summed E-state index contributed by atoms with van der Waals surface area (Å²) in [4.78, 5) is 19.3. The minimum atomic E-state index is -0.429. The van der Waals surface area contributed by atoms with Gasteiger partial charge >= 0.3 is 0 Å². The van der Waals surface area contributed by atoms with E-state index in [0.29, 0.717) is 37.2 Å². The molecule has 2 fully saturated rings. The molecule has 1 amide bonds. The number of rotatable bonds is 2. The van der Waals surface area contributed by atoms with Crippen molar-refractivity contribution in [1.29, 1.82) is 0 Å². The van der Waals surface area contributed by atoms with Gasteiger partial charge in [0.25, 0.3) is 5.91 Å². The largest absolute Gasteiger partial charge is 0.451 e. The summed E-state index contributed by atoms with van der Waals surface area (Å²) >= 11 is 0. The van der Waals surface area contributed by atoms with Gasteiger partial charge in [-0.05, 0) is 31.9 Å². The Kier molecular flexibility index (Phi) is 3.40. The SMILES string of the molecule is Cc1noc([C@@]23CCO[C@@H]2CCN(C(=O)c2cc4ccccc4o2)C3)n1. The highest BCUT2D eigenvalue weighted by Gasteiger charge is 2.54. The van der Waals surface area contributed by atoms with Crippen LogP contribution in [0.4, 0.5) is 0 Å². The molecule has 2 saturated heterocycles. The lowest BCUT2D eigenvalue weighted by molar-refractivity contribution is 0.00718. The third-order valence-corrected chi connectivity index (χ3v) is 5.49. The average molecular weight is 353 g/mol. The molecule has 2 aromatic heterocycles. The molecule has 4 heterocycles. The zero-order valence-electron chi connectivity index (χ0n) is 14.5. The van der Waals surface area contributed by atoms with Crippen LogP contribution in [0.5, 0.6) is 0 Å². The Morgan fingerprint density at radius 1 is 1.35 bits per heavy atom. The van der Waals surface area contributed by atoms with Crippen LogP contribution in [-0.2, 0) is 10.2 Å². The second-order valence-electron chi connectivity index (χ2n) is 7.08.